The Bertz CT molecular complexity index is 321. The van der Waals surface area contributed by atoms with Gasteiger partial charge in [-0.25, -0.2) is 0 Å². The van der Waals surface area contributed by atoms with E-state index in [2.05, 4.69) is 10.2 Å². The minimum Gasteiger partial charge on any atom is -0.353 e. The van der Waals surface area contributed by atoms with Crippen LogP contribution in [0.15, 0.2) is 0 Å². The van der Waals surface area contributed by atoms with Gasteiger partial charge < -0.3 is 10.2 Å². The minimum atomic E-state index is -4.28. The van der Waals surface area contributed by atoms with Crippen molar-refractivity contribution in [2.24, 2.45) is 5.92 Å². The Morgan fingerprint density at radius 3 is 2.72 bits per heavy atom. The van der Waals surface area contributed by atoms with Gasteiger partial charge in [-0.2, -0.15) is 13.2 Å². The van der Waals surface area contributed by atoms with Gasteiger partial charge in [-0.3, -0.25) is 9.69 Å². The summed E-state index contributed by atoms with van der Waals surface area (Å²) in [6, 6.07) is -1.54. The highest BCUT2D eigenvalue weighted by molar-refractivity contribution is 5.78. The van der Waals surface area contributed by atoms with E-state index in [1.165, 1.54) is 4.90 Å². The van der Waals surface area contributed by atoms with E-state index in [1.54, 1.807) is 0 Å². The molecule has 0 aromatic heterocycles. The second-order valence-corrected chi connectivity index (χ2v) is 5.21. The molecule has 2 unspecified atom stereocenters. The van der Waals surface area contributed by atoms with Crippen LogP contribution in [0.5, 0.6) is 0 Å². The summed E-state index contributed by atoms with van der Waals surface area (Å²) in [6.45, 7) is 1.60. The van der Waals surface area contributed by atoms with Crippen LogP contribution in [0.1, 0.15) is 6.42 Å². The maximum absolute atomic E-state index is 12.9. The first kappa shape index (κ1) is 13.6. The number of hydrogen-bond donors (Lipinski definition) is 1. The Hall–Kier alpha value is -0.820. The van der Waals surface area contributed by atoms with Crippen molar-refractivity contribution in [2.75, 3.05) is 39.8 Å². The largest absolute Gasteiger partial charge is 0.405 e. The Morgan fingerprint density at radius 2 is 2.17 bits per heavy atom. The quantitative estimate of drug-likeness (QED) is 0.780. The summed E-state index contributed by atoms with van der Waals surface area (Å²) in [4.78, 5) is 14.6. The molecule has 0 aromatic carbocycles. The van der Waals surface area contributed by atoms with Crippen LogP contribution in [0.4, 0.5) is 13.2 Å². The molecule has 0 aliphatic carbocycles. The lowest BCUT2D eigenvalue weighted by Crippen LogP contribution is -2.60. The Kier molecular flexibility index (Phi) is 3.82. The summed E-state index contributed by atoms with van der Waals surface area (Å²) in [5.41, 5.74) is 0. The monoisotopic (exact) mass is 265 g/mol. The summed E-state index contributed by atoms with van der Waals surface area (Å²) in [6.07, 6.45) is -3.38. The van der Waals surface area contributed by atoms with Crippen molar-refractivity contribution in [3.63, 3.8) is 0 Å². The molecular weight excluding hydrogens is 247 g/mol. The fourth-order valence-electron chi connectivity index (χ4n) is 2.71. The van der Waals surface area contributed by atoms with E-state index in [4.69, 9.17) is 0 Å². The van der Waals surface area contributed by atoms with Crippen molar-refractivity contribution >= 4 is 5.91 Å². The number of nitrogens with one attached hydrogen (secondary N) is 1. The molecule has 2 fully saturated rings. The third-order valence-electron chi connectivity index (χ3n) is 3.64. The van der Waals surface area contributed by atoms with E-state index < -0.39 is 12.2 Å². The SMILES string of the molecule is CN1CCC(CN2CC(=O)NCC2C(F)(F)F)C1. The van der Waals surface area contributed by atoms with Crippen LogP contribution in [0, 0.1) is 5.92 Å². The van der Waals surface area contributed by atoms with Gasteiger partial charge in [0.15, 0.2) is 0 Å². The molecule has 2 atom stereocenters. The molecule has 2 aliphatic heterocycles. The van der Waals surface area contributed by atoms with Crippen molar-refractivity contribution < 1.29 is 18.0 Å². The topological polar surface area (TPSA) is 35.6 Å². The molecule has 7 heteroatoms. The molecule has 104 valence electrons. The second kappa shape index (κ2) is 5.05. The molecule has 1 amide bonds. The third-order valence-corrected chi connectivity index (χ3v) is 3.64. The molecule has 2 rings (SSSR count). The third kappa shape index (κ3) is 3.14. The van der Waals surface area contributed by atoms with Crippen molar-refractivity contribution in [1.82, 2.24) is 15.1 Å². The zero-order chi connectivity index (χ0) is 13.3. The predicted molar refractivity (Wildman–Crippen MR) is 60.0 cm³/mol. The van der Waals surface area contributed by atoms with E-state index in [0.717, 1.165) is 19.5 Å². The molecule has 2 saturated heterocycles. The van der Waals surface area contributed by atoms with E-state index in [0.29, 0.717) is 6.54 Å². The Labute approximate surface area is 104 Å². The first-order chi connectivity index (χ1) is 8.36. The van der Waals surface area contributed by atoms with Crippen LogP contribution >= 0.6 is 0 Å². The number of likely N-dealkylation sites (tertiary alicyclic amines) is 1. The molecule has 0 spiro atoms. The Balaban J connectivity index is 1.99. The summed E-state index contributed by atoms with van der Waals surface area (Å²) in [7, 11) is 1.96. The molecule has 0 aromatic rings. The average Bonchev–Trinajstić information content (AvgIpc) is 2.62. The van der Waals surface area contributed by atoms with Crippen LogP contribution in [0.25, 0.3) is 0 Å². The van der Waals surface area contributed by atoms with E-state index in [1.807, 2.05) is 7.05 Å². The Morgan fingerprint density at radius 1 is 1.44 bits per heavy atom. The van der Waals surface area contributed by atoms with Gasteiger partial charge in [-0.05, 0) is 25.9 Å². The normalized spacial score (nSPS) is 31.7. The highest BCUT2D eigenvalue weighted by Gasteiger charge is 2.46. The van der Waals surface area contributed by atoms with Gasteiger partial charge in [0.2, 0.25) is 5.91 Å². The van der Waals surface area contributed by atoms with Crippen molar-refractivity contribution in [3.05, 3.63) is 0 Å². The van der Waals surface area contributed by atoms with Gasteiger partial charge >= 0.3 is 6.18 Å². The number of nitrogens with zero attached hydrogens (tertiary/aromatic N) is 2. The van der Waals surface area contributed by atoms with Crippen LogP contribution in [0.2, 0.25) is 0 Å². The number of alkyl halides is 3. The first-order valence-corrected chi connectivity index (χ1v) is 6.12. The molecule has 0 radical (unpaired) electrons. The van der Waals surface area contributed by atoms with Crippen LogP contribution < -0.4 is 5.32 Å². The van der Waals surface area contributed by atoms with Crippen molar-refractivity contribution in [2.45, 2.75) is 18.6 Å². The average molecular weight is 265 g/mol. The number of rotatable bonds is 2. The van der Waals surface area contributed by atoms with Gasteiger partial charge in [0, 0.05) is 19.6 Å². The standard InChI is InChI=1S/C11H18F3N3O/c1-16-3-2-8(5-16)6-17-7-10(18)15-4-9(17)11(12,13)14/h8-9H,2-7H2,1H3,(H,15,18). The fraction of sp³-hybridized carbons (Fsp3) is 0.909. The van der Waals surface area contributed by atoms with Crippen molar-refractivity contribution in [3.8, 4) is 0 Å². The highest BCUT2D eigenvalue weighted by Crippen LogP contribution is 2.27. The number of amides is 1. The molecule has 18 heavy (non-hydrogen) atoms. The molecule has 4 nitrogen and oxygen atoms in total. The molecule has 2 heterocycles. The number of piperazine rings is 1. The fourth-order valence-corrected chi connectivity index (χ4v) is 2.71. The number of hydrogen-bond acceptors (Lipinski definition) is 3. The minimum absolute atomic E-state index is 0.148. The highest BCUT2D eigenvalue weighted by atomic mass is 19.4. The maximum atomic E-state index is 12.9. The number of halogens is 3. The van der Waals surface area contributed by atoms with Gasteiger partial charge in [0.1, 0.15) is 6.04 Å². The summed E-state index contributed by atoms with van der Waals surface area (Å²) < 4.78 is 38.6. The molecule has 0 saturated carbocycles. The van der Waals surface area contributed by atoms with E-state index in [9.17, 15) is 18.0 Å². The number of carbonyl (C=O) groups is 1. The molecule has 2 aliphatic rings. The predicted octanol–water partition coefficient (Wildman–Crippen LogP) is 0.301. The lowest BCUT2D eigenvalue weighted by molar-refractivity contribution is -0.190. The van der Waals surface area contributed by atoms with Crippen LogP contribution in [0.3, 0.4) is 0 Å². The first-order valence-electron chi connectivity index (χ1n) is 6.12. The smallest absolute Gasteiger partial charge is 0.353 e. The maximum Gasteiger partial charge on any atom is 0.405 e. The zero-order valence-electron chi connectivity index (χ0n) is 10.3. The molecule has 1 N–H and O–H groups in total. The lowest BCUT2D eigenvalue weighted by atomic mass is 10.1. The summed E-state index contributed by atoms with van der Waals surface area (Å²) in [5.74, 6) is -0.0902. The van der Waals surface area contributed by atoms with Gasteiger partial charge in [-0.15, -0.1) is 0 Å². The van der Waals surface area contributed by atoms with E-state index >= 15 is 0 Å². The number of carbonyl (C=O) groups excluding carboxylic acids is 1. The molecular formula is C11H18F3N3O. The van der Waals surface area contributed by atoms with Gasteiger partial charge in [-0.1, -0.05) is 0 Å². The lowest BCUT2D eigenvalue weighted by Gasteiger charge is -2.37. The van der Waals surface area contributed by atoms with Crippen molar-refractivity contribution in [1.29, 1.82) is 0 Å². The van der Waals surface area contributed by atoms with E-state index in [-0.39, 0.29) is 24.9 Å². The zero-order valence-corrected chi connectivity index (χ0v) is 10.3. The molecule has 0 bridgehead atoms. The van der Waals surface area contributed by atoms with Gasteiger partial charge in [0.05, 0.1) is 6.54 Å². The van der Waals surface area contributed by atoms with Gasteiger partial charge in [0.25, 0.3) is 0 Å². The summed E-state index contributed by atoms with van der Waals surface area (Å²) in [5, 5.41) is 2.29. The summed E-state index contributed by atoms with van der Waals surface area (Å²) >= 11 is 0. The second-order valence-electron chi connectivity index (χ2n) is 5.21. The van der Waals surface area contributed by atoms with Crippen LogP contribution in [-0.2, 0) is 4.79 Å². The van der Waals surface area contributed by atoms with Crippen LogP contribution in [-0.4, -0.2) is 67.7 Å².